The van der Waals surface area contributed by atoms with E-state index in [0.29, 0.717) is 0 Å². The Balaban J connectivity index is 0.00000288. The number of aromatic nitrogens is 2. The summed E-state index contributed by atoms with van der Waals surface area (Å²) < 4.78 is 2.11. The normalized spacial score (nSPS) is 11.4. The van der Waals surface area contributed by atoms with Crippen molar-refractivity contribution in [1.29, 1.82) is 0 Å². The van der Waals surface area contributed by atoms with Crippen LogP contribution in [-0.2, 0) is 9.59 Å². The van der Waals surface area contributed by atoms with Crippen LogP contribution in [0.4, 0.5) is 0 Å². The molecule has 140 valence electrons. The van der Waals surface area contributed by atoms with Gasteiger partial charge < -0.3 is 20.9 Å². The maximum Gasteiger partial charge on any atom is 0.239 e. The topological polar surface area (TPSA) is 102 Å². The minimum atomic E-state index is -0.359. The van der Waals surface area contributed by atoms with E-state index in [1.54, 1.807) is 0 Å². The largest absolute Gasteiger partial charge is 0.346 e. The van der Waals surface area contributed by atoms with E-state index < -0.39 is 0 Å². The first-order valence-electron chi connectivity index (χ1n) is 7.67. The lowest BCUT2D eigenvalue weighted by atomic mass is 10.2. The van der Waals surface area contributed by atoms with Crippen molar-refractivity contribution in [3.63, 3.8) is 0 Å². The molecule has 0 saturated carbocycles. The Morgan fingerprint density at radius 3 is 2.40 bits per heavy atom. The molecule has 9 heteroatoms. The predicted octanol–water partition coefficient (Wildman–Crippen LogP) is 1.71. The molecule has 0 bridgehead atoms. The number of carbonyl (C=O) groups is 2. The number of halogens is 2. The van der Waals surface area contributed by atoms with Crippen LogP contribution < -0.4 is 16.4 Å². The first-order chi connectivity index (χ1) is 10.9. The van der Waals surface area contributed by atoms with Crippen LogP contribution in [0.25, 0.3) is 11.0 Å². The summed E-state index contributed by atoms with van der Waals surface area (Å²) in [5.74, 6) is 0.156. The number of nitrogens with zero attached hydrogens (tertiary/aromatic N) is 2. The molecule has 0 spiro atoms. The van der Waals surface area contributed by atoms with Crippen LogP contribution in [0.5, 0.6) is 0 Å². The molecule has 2 aromatic rings. The van der Waals surface area contributed by atoms with Gasteiger partial charge in [0, 0.05) is 6.04 Å². The second-order valence-corrected chi connectivity index (χ2v) is 5.69. The first-order valence-corrected chi connectivity index (χ1v) is 7.67. The van der Waals surface area contributed by atoms with Gasteiger partial charge in [-0.05, 0) is 32.9 Å². The minimum absolute atomic E-state index is 0. The number of imidazole rings is 1. The molecule has 0 aliphatic heterocycles. The number of nitrogens with two attached hydrogens (primary N) is 1. The van der Waals surface area contributed by atoms with Crippen molar-refractivity contribution in [1.82, 2.24) is 20.2 Å². The highest BCUT2D eigenvalue weighted by atomic mass is 35.5. The molecule has 2 rings (SSSR count). The molecular weight excluding hydrogens is 365 g/mol. The van der Waals surface area contributed by atoms with E-state index in [-0.39, 0.29) is 61.8 Å². The van der Waals surface area contributed by atoms with Gasteiger partial charge in [-0.25, -0.2) is 4.98 Å². The number of hydrogen-bond donors (Lipinski definition) is 3. The van der Waals surface area contributed by atoms with Crippen LogP contribution in [0.3, 0.4) is 0 Å². The summed E-state index contributed by atoms with van der Waals surface area (Å²) >= 11 is 0. The average Bonchev–Trinajstić information content (AvgIpc) is 2.92. The molecule has 1 aromatic heterocycles. The molecule has 4 N–H and O–H groups in total. The molecule has 1 aromatic carbocycles. The van der Waals surface area contributed by atoms with Crippen molar-refractivity contribution in [2.75, 3.05) is 13.1 Å². The minimum Gasteiger partial charge on any atom is -0.346 e. The number of carbonyl (C=O) groups excluding carboxylic acids is 2. The van der Waals surface area contributed by atoms with Gasteiger partial charge in [-0.15, -0.1) is 24.8 Å². The summed E-state index contributed by atoms with van der Waals surface area (Å²) in [5.41, 5.74) is 7.12. The maximum absolute atomic E-state index is 11.9. The van der Waals surface area contributed by atoms with Crippen LogP contribution >= 0.6 is 24.8 Å². The van der Waals surface area contributed by atoms with Crippen molar-refractivity contribution >= 4 is 47.7 Å². The van der Waals surface area contributed by atoms with E-state index in [4.69, 9.17) is 5.73 Å². The molecule has 0 aliphatic rings. The van der Waals surface area contributed by atoms with Gasteiger partial charge in [0.25, 0.3) is 0 Å². The van der Waals surface area contributed by atoms with Crippen molar-refractivity contribution in [3.8, 4) is 0 Å². The Morgan fingerprint density at radius 2 is 1.80 bits per heavy atom. The van der Waals surface area contributed by atoms with Gasteiger partial charge in [-0.2, -0.15) is 0 Å². The molecule has 1 heterocycles. The molecule has 0 saturated heterocycles. The van der Waals surface area contributed by atoms with Crippen LogP contribution in [0, 0.1) is 0 Å². The summed E-state index contributed by atoms with van der Waals surface area (Å²) in [5, 5.41) is 5.30. The zero-order chi connectivity index (χ0) is 17.0. The fourth-order valence-electron chi connectivity index (χ4n) is 2.52. The fourth-order valence-corrected chi connectivity index (χ4v) is 2.52. The summed E-state index contributed by atoms with van der Waals surface area (Å²) in [6, 6.07) is 7.82. The van der Waals surface area contributed by atoms with Gasteiger partial charge in [-0.1, -0.05) is 12.1 Å². The monoisotopic (exact) mass is 389 g/mol. The lowest BCUT2D eigenvalue weighted by Crippen LogP contribution is -2.40. The van der Waals surface area contributed by atoms with Crippen LogP contribution in [0.15, 0.2) is 24.3 Å². The molecule has 0 fully saturated rings. The van der Waals surface area contributed by atoms with E-state index in [2.05, 4.69) is 34.0 Å². The first kappa shape index (κ1) is 23.2. The number of nitrogens with one attached hydrogen (secondary N) is 2. The average molecular weight is 390 g/mol. The second kappa shape index (κ2) is 10.2. The Kier molecular flexibility index (Phi) is 9.48. The molecule has 1 unspecified atom stereocenters. The second-order valence-electron chi connectivity index (χ2n) is 5.69. The summed E-state index contributed by atoms with van der Waals surface area (Å²) in [4.78, 5) is 27.7. The van der Waals surface area contributed by atoms with Crippen molar-refractivity contribution in [2.24, 2.45) is 5.73 Å². The molecule has 2 amide bonds. The molecule has 7 nitrogen and oxygen atoms in total. The van der Waals surface area contributed by atoms with Gasteiger partial charge in [0.15, 0.2) is 0 Å². The summed E-state index contributed by atoms with van der Waals surface area (Å²) in [6.07, 6.45) is 0. The third kappa shape index (κ3) is 5.59. The number of para-hydroxylation sites is 2. The molecule has 0 aliphatic carbocycles. The Morgan fingerprint density at radius 1 is 1.16 bits per heavy atom. The Hall–Kier alpha value is -1.83. The zero-order valence-electron chi connectivity index (χ0n) is 14.5. The highest BCUT2D eigenvalue weighted by Crippen LogP contribution is 2.24. The van der Waals surface area contributed by atoms with E-state index in [1.165, 1.54) is 0 Å². The predicted molar refractivity (Wildman–Crippen MR) is 103 cm³/mol. The van der Waals surface area contributed by atoms with Gasteiger partial charge in [0.1, 0.15) is 5.82 Å². The lowest BCUT2D eigenvalue weighted by Gasteiger charge is -2.19. The highest BCUT2D eigenvalue weighted by molar-refractivity contribution is 5.86. The Bertz CT molecular complexity index is 718. The maximum atomic E-state index is 11.9. The molecule has 1 atom stereocenters. The highest BCUT2D eigenvalue weighted by Gasteiger charge is 2.19. The van der Waals surface area contributed by atoms with E-state index >= 15 is 0 Å². The van der Waals surface area contributed by atoms with E-state index in [0.717, 1.165) is 16.9 Å². The quantitative estimate of drug-likeness (QED) is 0.699. The SMILES string of the molecule is CC(NC(=O)CNC(=O)CN)c1nc2ccccc2n1C(C)C.Cl.Cl. The van der Waals surface area contributed by atoms with Gasteiger partial charge in [0.2, 0.25) is 11.8 Å². The number of rotatable bonds is 6. The molecule has 0 radical (unpaired) electrons. The third-order valence-corrected chi connectivity index (χ3v) is 3.54. The number of fused-ring (bicyclic) bond motifs is 1. The van der Waals surface area contributed by atoms with Crippen molar-refractivity contribution in [2.45, 2.75) is 32.9 Å². The standard InChI is InChI=1S/C16H23N5O2.2ClH/c1-10(2)21-13-7-5-4-6-12(13)20-16(21)11(3)19-15(23)9-18-14(22)8-17;;/h4-7,10-11H,8-9,17H2,1-3H3,(H,18,22)(H,19,23);2*1H. The molecule has 25 heavy (non-hydrogen) atoms. The fraction of sp³-hybridized carbons (Fsp3) is 0.438. The van der Waals surface area contributed by atoms with E-state index in [1.807, 2.05) is 31.2 Å². The van der Waals surface area contributed by atoms with Crippen LogP contribution in [-0.4, -0.2) is 34.5 Å². The zero-order valence-corrected chi connectivity index (χ0v) is 16.1. The smallest absolute Gasteiger partial charge is 0.239 e. The van der Waals surface area contributed by atoms with Gasteiger partial charge in [0.05, 0.1) is 30.2 Å². The Labute approximate surface area is 159 Å². The summed E-state index contributed by atoms with van der Waals surface area (Å²) in [7, 11) is 0. The van der Waals surface area contributed by atoms with Crippen molar-refractivity contribution < 1.29 is 9.59 Å². The van der Waals surface area contributed by atoms with E-state index in [9.17, 15) is 9.59 Å². The number of amides is 2. The third-order valence-electron chi connectivity index (χ3n) is 3.54. The van der Waals surface area contributed by atoms with Gasteiger partial charge in [-0.3, -0.25) is 9.59 Å². The van der Waals surface area contributed by atoms with Crippen LogP contribution in [0.1, 0.15) is 38.7 Å². The summed E-state index contributed by atoms with van der Waals surface area (Å²) in [6.45, 7) is 5.80. The molecular formula is C16H25Cl2N5O2. The van der Waals surface area contributed by atoms with Crippen molar-refractivity contribution in [3.05, 3.63) is 30.1 Å². The van der Waals surface area contributed by atoms with Gasteiger partial charge >= 0.3 is 0 Å². The number of benzene rings is 1. The lowest BCUT2D eigenvalue weighted by molar-refractivity contribution is -0.125. The van der Waals surface area contributed by atoms with Crippen LogP contribution in [0.2, 0.25) is 0 Å². The number of hydrogen-bond acceptors (Lipinski definition) is 4.